The Hall–Kier alpha value is -3.06. The van der Waals surface area contributed by atoms with Crippen molar-refractivity contribution in [2.75, 3.05) is 26.1 Å². The van der Waals surface area contributed by atoms with Gasteiger partial charge in [-0.2, -0.15) is 0 Å². The zero-order valence-corrected chi connectivity index (χ0v) is 16.4. The van der Waals surface area contributed by atoms with Crippen molar-refractivity contribution in [2.24, 2.45) is 5.92 Å². The number of hydrogen-bond donors (Lipinski definition) is 1. The van der Waals surface area contributed by atoms with Crippen molar-refractivity contribution in [2.45, 2.75) is 6.42 Å². The van der Waals surface area contributed by atoms with Gasteiger partial charge in [-0.05, 0) is 36.2 Å². The van der Waals surface area contributed by atoms with Crippen LogP contribution >= 0.6 is 11.3 Å². The van der Waals surface area contributed by atoms with E-state index >= 15 is 0 Å². The van der Waals surface area contributed by atoms with Gasteiger partial charge in [0.1, 0.15) is 23.9 Å². The highest BCUT2D eigenvalue weighted by Gasteiger charge is 2.26. The summed E-state index contributed by atoms with van der Waals surface area (Å²) in [6.07, 6.45) is 0.657. The van der Waals surface area contributed by atoms with Crippen molar-refractivity contribution < 1.29 is 19.0 Å². The fourth-order valence-electron chi connectivity index (χ4n) is 3.17. The van der Waals surface area contributed by atoms with Crippen LogP contribution in [0.2, 0.25) is 0 Å². The fraction of sp³-hybridized carbons (Fsp3) is 0.238. The molecular formula is C21H20N2O4S. The maximum Gasteiger partial charge on any atom is 0.233 e. The van der Waals surface area contributed by atoms with Crippen LogP contribution in [0.3, 0.4) is 0 Å². The summed E-state index contributed by atoms with van der Waals surface area (Å²) in [6, 6.07) is 13.3. The summed E-state index contributed by atoms with van der Waals surface area (Å²) in [5.41, 5.74) is 2.59. The summed E-state index contributed by atoms with van der Waals surface area (Å²) in [6.45, 7) is 0.366. The average molecular weight is 396 g/mol. The minimum absolute atomic E-state index is 0.0898. The van der Waals surface area contributed by atoms with E-state index in [0.717, 1.165) is 22.6 Å². The summed E-state index contributed by atoms with van der Waals surface area (Å²) >= 11 is 1.37. The molecule has 1 aliphatic rings. The first kappa shape index (κ1) is 18.3. The third kappa shape index (κ3) is 3.66. The highest BCUT2D eigenvalue weighted by molar-refractivity contribution is 7.14. The molecule has 2 heterocycles. The van der Waals surface area contributed by atoms with Crippen molar-refractivity contribution in [1.29, 1.82) is 0 Å². The van der Waals surface area contributed by atoms with E-state index in [4.69, 9.17) is 14.2 Å². The Bertz CT molecular complexity index is 1000. The van der Waals surface area contributed by atoms with Crippen LogP contribution in [0, 0.1) is 5.92 Å². The molecule has 6 nitrogen and oxygen atoms in total. The van der Waals surface area contributed by atoms with Gasteiger partial charge in [-0.1, -0.05) is 18.2 Å². The minimum atomic E-state index is -0.242. The third-order valence-corrected chi connectivity index (χ3v) is 5.42. The molecule has 0 aliphatic carbocycles. The summed E-state index contributed by atoms with van der Waals surface area (Å²) < 4.78 is 16.4. The number of thiazole rings is 1. The number of hydrogen-bond acceptors (Lipinski definition) is 6. The molecule has 3 aromatic rings. The molecule has 1 N–H and O–H groups in total. The molecule has 0 saturated heterocycles. The van der Waals surface area contributed by atoms with E-state index in [1.165, 1.54) is 11.3 Å². The molecule has 0 saturated carbocycles. The van der Waals surface area contributed by atoms with E-state index in [9.17, 15) is 4.79 Å². The third-order valence-electron chi connectivity index (χ3n) is 4.67. The predicted molar refractivity (Wildman–Crippen MR) is 108 cm³/mol. The molecular weight excluding hydrogens is 376 g/mol. The Morgan fingerprint density at radius 1 is 1.21 bits per heavy atom. The molecule has 0 fully saturated rings. The van der Waals surface area contributed by atoms with Gasteiger partial charge < -0.3 is 19.5 Å². The molecule has 144 valence electrons. The Morgan fingerprint density at radius 2 is 2.07 bits per heavy atom. The number of anilines is 1. The van der Waals surface area contributed by atoms with Crippen LogP contribution < -0.4 is 19.5 Å². The van der Waals surface area contributed by atoms with Crippen molar-refractivity contribution in [3.8, 4) is 28.5 Å². The lowest BCUT2D eigenvalue weighted by molar-refractivity contribution is -0.121. The van der Waals surface area contributed by atoms with E-state index in [1.54, 1.807) is 14.2 Å². The molecule has 1 unspecified atom stereocenters. The first-order valence-electron chi connectivity index (χ1n) is 8.87. The number of aromatic nitrogens is 1. The molecule has 1 amide bonds. The van der Waals surface area contributed by atoms with Crippen molar-refractivity contribution in [3.63, 3.8) is 0 Å². The lowest BCUT2D eigenvalue weighted by Gasteiger charge is -2.24. The number of methoxy groups -OCH3 is 2. The Labute approximate surface area is 167 Å². The molecule has 2 aromatic carbocycles. The SMILES string of the molecule is COc1ccc(OC)c(-c2csc(NC(=O)C3COc4ccccc4C3)n2)c1. The van der Waals surface area contributed by atoms with Crippen LogP contribution in [0.15, 0.2) is 47.8 Å². The molecule has 0 radical (unpaired) electrons. The topological polar surface area (TPSA) is 69.7 Å². The lowest BCUT2D eigenvalue weighted by Crippen LogP contribution is -2.32. The molecule has 28 heavy (non-hydrogen) atoms. The molecule has 1 atom stereocenters. The van der Waals surface area contributed by atoms with Crippen molar-refractivity contribution >= 4 is 22.4 Å². The van der Waals surface area contributed by atoms with E-state index in [0.29, 0.717) is 29.7 Å². The van der Waals surface area contributed by atoms with E-state index in [2.05, 4.69) is 10.3 Å². The predicted octanol–water partition coefficient (Wildman–Crippen LogP) is 4.02. The van der Waals surface area contributed by atoms with E-state index < -0.39 is 0 Å². The highest BCUT2D eigenvalue weighted by Crippen LogP contribution is 2.35. The minimum Gasteiger partial charge on any atom is -0.497 e. The zero-order chi connectivity index (χ0) is 19.5. The van der Waals surface area contributed by atoms with Gasteiger partial charge in [-0.15, -0.1) is 11.3 Å². The first-order valence-corrected chi connectivity index (χ1v) is 9.75. The summed E-state index contributed by atoms with van der Waals surface area (Å²) in [5, 5.41) is 5.35. The van der Waals surface area contributed by atoms with Gasteiger partial charge in [0, 0.05) is 10.9 Å². The van der Waals surface area contributed by atoms with E-state index in [-0.39, 0.29) is 11.8 Å². The standard InChI is InChI=1S/C21H20N2O4S/c1-25-15-7-8-19(26-2)16(10-15)17-12-28-21(22-17)23-20(24)14-9-13-5-3-4-6-18(13)27-11-14/h3-8,10,12,14H,9,11H2,1-2H3,(H,22,23,24). The number of fused-ring (bicyclic) bond motifs is 1. The normalized spacial score (nSPS) is 15.3. The Morgan fingerprint density at radius 3 is 2.89 bits per heavy atom. The highest BCUT2D eigenvalue weighted by atomic mass is 32.1. The second kappa shape index (κ2) is 7.90. The van der Waals surface area contributed by atoms with Crippen LogP contribution in [-0.4, -0.2) is 31.7 Å². The van der Waals surface area contributed by atoms with Gasteiger partial charge in [0.25, 0.3) is 0 Å². The number of carbonyl (C=O) groups excluding carboxylic acids is 1. The Kier molecular flexibility index (Phi) is 5.16. The smallest absolute Gasteiger partial charge is 0.233 e. The number of para-hydroxylation sites is 1. The number of nitrogens with one attached hydrogen (secondary N) is 1. The molecule has 1 aliphatic heterocycles. The summed E-state index contributed by atoms with van der Waals surface area (Å²) in [5.74, 6) is 1.93. The van der Waals surface area contributed by atoms with Gasteiger partial charge in [-0.3, -0.25) is 4.79 Å². The average Bonchev–Trinajstić information content (AvgIpc) is 3.21. The van der Waals surface area contributed by atoms with Crippen molar-refractivity contribution in [1.82, 2.24) is 4.98 Å². The maximum absolute atomic E-state index is 12.7. The van der Waals surface area contributed by atoms with Gasteiger partial charge in [-0.25, -0.2) is 4.98 Å². The molecule has 0 bridgehead atoms. The van der Waals surface area contributed by atoms with Crippen LogP contribution in [0.1, 0.15) is 5.56 Å². The van der Waals surface area contributed by atoms with Crippen LogP contribution in [0.5, 0.6) is 17.2 Å². The zero-order valence-electron chi connectivity index (χ0n) is 15.6. The Balaban J connectivity index is 1.49. The van der Waals surface area contributed by atoms with Crippen LogP contribution in [0.25, 0.3) is 11.3 Å². The summed E-state index contributed by atoms with van der Waals surface area (Å²) in [4.78, 5) is 17.2. The second-order valence-corrected chi connectivity index (χ2v) is 7.27. The lowest BCUT2D eigenvalue weighted by atomic mass is 9.96. The second-order valence-electron chi connectivity index (χ2n) is 6.41. The van der Waals surface area contributed by atoms with Gasteiger partial charge in [0.05, 0.1) is 25.8 Å². The van der Waals surface area contributed by atoms with Crippen LogP contribution in [0.4, 0.5) is 5.13 Å². The largest absolute Gasteiger partial charge is 0.497 e. The summed E-state index contributed by atoms with van der Waals surface area (Å²) in [7, 11) is 3.23. The number of benzene rings is 2. The van der Waals surface area contributed by atoms with E-state index in [1.807, 2.05) is 47.8 Å². The van der Waals surface area contributed by atoms with Crippen molar-refractivity contribution in [3.05, 3.63) is 53.4 Å². The molecule has 4 rings (SSSR count). The number of nitrogens with zero attached hydrogens (tertiary/aromatic N) is 1. The monoisotopic (exact) mass is 396 g/mol. The number of rotatable bonds is 5. The first-order chi connectivity index (χ1) is 13.7. The molecule has 7 heteroatoms. The van der Waals surface area contributed by atoms with Gasteiger partial charge in [0.2, 0.25) is 5.91 Å². The number of amides is 1. The number of carbonyl (C=O) groups is 1. The number of ether oxygens (including phenoxy) is 3. The van der Waals surface area contributed by atoms with Gasteiger partial charge >= 0.3 is 0 Å². The van der Waals surface area contributed by atoms with Gasteiger partial charge in [0.15, 0.2) is 5.13 Å². The maximum atomic E-state index is 12.7. The molecule has 1 aromatic heterocycles. The molecule has 0 spiro atoms. The van der Waals surface area contributed by atoms with Crippen LogP contribution in [-0.2, 0) is 11.2 Å². The fourth-order valence-corrected chi connectivity index (χ4v) is 3.89. The quantitative estimate of drug-likeness (QED) is 0.705.